The largest absolute Gasteiger partial charge is 0.382 e. The van der Waals surface area contributed by atoms with Gasteiger partial charge in [0, 0.05) is 13.7 Å². The molecule has 0 aromatic carbocycles. The molecule has 1 rings (SSSR count). The van der Waals surface area contributed by atoms with Gasteiger partial charge in [0.25, 0.3) is 0 Å². The molecule has 3 heteroatoms. The third kappa shape index (κ3) is 3.52. The van der Waals surface area contributed by atoms with Gasteiger partial charge in [-0.05, 0) is 25.8 Å². The number of nitrogens with one attached hydrogen (secondary N) is 1. The lowest BCUT2D eigenvalue weighted by molar-refractivity contribution is -0.00409. The SMILES string of the molecule is COCC(C)OCC1CCNC1. The summed E-state index contributed by atoms with van der Waals surface area (Å²) in [6.07, 6.45) is 1.48. The molecule has 0 aromatic rings. The number of ether oxygens (including phenoxy) is 2. The Labute approximate surface area is 74.4 Å². The molecule has 2 atom stereocenters. The summed E-state index contributed by atoms with van der Waals surface area (Å²) < 4.78 is 10.6. The highest BCUT2D eigenvalue weighted by atomic mass is 16.5. The van der Waals surface area contributed by atoms with Crippen LogP contribution < -0.4 is 5.32 Å². The molecule has 1 fully saturated rings. The van der Waals surface area contributed by atoms with Gasteiger partial charge in [-0.15, -0.1) is 0 Å². The molecule has 1 heterocycles. The number of hydrogen-bond donors (Lipinski definition) is 1. The van der Waals surface area contributed by atoms with E-state index in [9.17, 15) is 0 Å². The zero-order valence-electron chi connectivity index (χ0n) is 8.01. The fraction of sp³-hybridized carbons (Fsp3) is 1.00. The molecule has 0 radical (unpaired) electrons. The van der Waals surface area contributed by atoms with Gasteiger partial charge in [-0.2, -0.15) is 0 Å². The van der Waals surface area contributed by atoms with E-state index in [-0.39, 0.29) is 6.10 Å². The average molecular weight is 173 g/mol. The molecular formula is C9H19NO2. The monoisotopic (exact) mass is 173 g/mol. The van der Waals surface area contributed by atoms with Crippen molar-refractivity contribution in [3.8, 4) is 0 Å². The number of rotatable bonds is 5. The normalized spacial score (nSPS) is 26.0. The van der Waals surface area contributed by atoms with Crippen molar-refractivity contribution in [2.45, 2.75) is 19.4 Å². The van der Waals surface area contributed by atoms with Gasteiger partial charge >= 0.3 is 0 Å². The first-order chi connectivity index (χ1) is 5.83. The van der Waals surface area contributed by atoms with E-state index in [2.05, 4.69) is 5.32 Å². The Hall–Kier alpha value is -0.120. The number of methoxy groups -OCH3 is 1. The Morgan fingerprint density at radius 3 is 3.00 bits per heavy atom. The van der Waals surface area contributed by atoms with Crippen molar-refractivity contribution in [3.05, 3.63) is 0 Å². The molecule has 0 amide bonds. The molecule has 1 saturated heterocycles. The highest BCUT2D eigenvalue weighted by Crippen LogP contribution is 2.08. The standard InChI is InChI=1S/C9H19NO2/c1-8(6-11-2)12-7-9-3-4-10-5-9/h8-10H,3-7H2,1-2H3. The van der Waals surface area contributed by atoms with Gasteiger partial charge in [0.1, 0.15) is 0 Å². The van der Waals surface area contributed by atoms with Crippen LogP contribution in [-0.2, 0) is 9.47 Å². The van der Waals surface area contributed by atoms with E-state index in [1.165, 1.54) is 6.42 Å². The lowest BCUT2D eigenvalue weighted by Crippen LogP contribution is -2.21. The summed E-state index contributed by atoms with van der Waals surface area (Å²) in [6.45, 7) is 5.87. The Bertz CT molecular complexity index is 113. The first-order valence-electron chi connectivity index (χ1n) is 4.64. The van der Waals surface area contributed by atoms with Gasteiger partial charge in [0.2, 0.25) is 0 Å². The van der Waals surface area contributed by atoms with Crippen LogP contribution in [0.4, 0.5) is 0 Å². The van der Waals surface area contributed by atoms with E-state index < -0.39 is 0 Å². The first-order valence-corrected chi connectivity index (χ1v) is 4.64. The summed E-state index contributed by atoms with van der Waals surface area (Å²) in [5, 5.41) is 3.32. The molecule has 2 unspecified atom stereocenters. The maximum Gasteiger partial charge on any atom is 0.0780 e. The van der Waals surface area contributed by atoms with Gasteiger partial charge in [-0.25, -0.2) is 0 Å². The molecular weight excluding hydrogens is 154 g/mol. The predicted molar refractivity (Wildman–Crippen MR) is 48.3 cm³/mol. The van der Waals surface area contributed by atoms with Crippen molar-refractivity contribution in [1.82, 2.24) is 5.32 Å². The molecule has 12 heavy (non-hydrogen) atoms. The smallest absolute Gasteiger partial charge is 0.0780 e. The zero-order chi connectivity index (χ0) is 8.81. The van der Waals surface area contributed by atoms with Crippen LogP contribution in [0.1, 0.15) is 13.3 Å². The summed E-state index contributed by atoms with van der Waals surface area (Å²) >= 11 is 0. The topological polar surface area (TPSA) is 30.5 Å². The van der Waals surface area contributed by atoms with Crippen molar-refractivity contribution in [1.29, 1.82) is 0 Å². The Balaban J connectivity index is 1.99. The van der Waals surface area contributed by atoms with E-state index in [0.717, 1.165) is 19.7 Å². The summed E-state index contributed by atoms with van der Waals surface area (Å²) in [5.41, 5.74) is 0. The molecule has 1 aliphatic rings. The lowest BCUT2D eigenvalue weighted by atomic mass is 10.1. The first kappa shape index (κ1) is 9.96. The maximum atomic E-state index is 5.60. The highest BCUT2D eigenvalue weighted by molar-refractivity contribution is 4.70. The van der Waals surface area contributed by atoms with Crippen LogP contribution >= 0.6 is 0 Å². The summed E-state index contributed by atoms with van der Waals surface area (Å²) in [4.78, 5) is 0. The molecule has 0 aliphatic carbocycles. The Kier molecular flexibility index (Phi) is 4.58. The number of hydrogen-bond acceptors (Lipinski definition) is 3. The highest BCUT2D eigenvalue weighted by Gasteiger charge is 2.15. The summed E-state index contributed by atoms with van der Waals surface area (Å²) in [7, 11) is 1.71. The zero-order valence-corrected chi connectivity index (χ0v) is 8.01. The summed E-state index contributed by atoms with van der Waals surface area (Å²) in [5.74, 6) is 0.712. The van der Waals surface area contributed by atoms with Crippen LogP contribution in [0.15, 0.2) is 0 Å². The maximum absolute atomic E-state index is 5.60. The average Bonchev–Trinajstić information content (AvgIpc) is 2.53. The van der Waals surface area contributed by atoms with Gasteiger partial charge in [-0.1, -0.05) is 0 Å². The third-order valence-electron chi connectivity index (χ3n) is 2.18. The van der Waals surface area contributed by atoms with E-state index in [1.807, 2.05) is 6.92 Å². The van der Waals surface area contributed by atoms with E-state index in [4.69, 9.17) is 9.47 Å². The molecule has 1 N–H and O–H groups in total. The van der Waals surface area contributed by atoms with Crippen LogP contribution in [0.3, 0.4) is 0 Å². The van der Waals surface area contributed by atoms with Gasteiger partial charge in [0.15, 0.2) is 0 Å². The van der Waals surface area contributed by atoms with Crippen molar-refractivity contribution in [2.75, 3.05) is 33.4 Å². The van der Waals surface area contributed by atoms with Crippen LogP contribution in [0.2, 0.25) is 0 Å². The van der Waals surface area contributed by atoms with Gasteiger partial charge in [0.05, 0.1) is 19.3 Å². The second-order valence-corrected chi connectivity index (χ2v) is 3.46. The van der Waals surface area contributed by atoms with Crippen molar-refractivity contribution >= 4 is 0 Å². The fourth-order valence-electron chi connectivity index (χ4n) is 1.44. The minimum atomic E-state index is 0.232. The minimum absolute atomic E-state index is 0.232. The second-order valence-electron chi connectivity index (χ2n) is 3.46. The van der Waals surface area contributed by atoms with E-state index in [0.29, 0.717) is 12.5 Å². The van der Waals surface area contributed by atoms with Gasteiger partial charge in [-0.3, -0.25) is 0 Å². The van der Waals surface area contributed by atoms with Crippen LogP contribution in [0, 0.1) is 5.92 Å². The third-order valence-corrected chi connectivity index (χ3v) is 2.18. The predicted octanol–water partition coefficient (Wildman–Crippen LogP) is 0.647. The van der Waals surface area contributed by atoms with Crippen LogP contribution in [0.5, 0.6) is 0 Å². The fourth-order valence-corrected chi connectivity index (χ4v) is 1.44. The molecule has 0 spiro atoms. The molecule has 0 bridgehead atoms. The van der Waals surface area contributed by atoms with Crippen molar-refractivity contribution < 1.29 is 9.47 Å². The van der Waals surface area contributed by atoms with E-state index >= 15 is 0 Å². The second kappa shape index (κ2) is 5.51. The minimum Gasteiger partial charge on any atom is -0.382 e. The molecule has 72 valence electrons. The Morgan fingerprint density at radius 1 is 1.58 bits per heavy atom. The molecule has 0 saturated carbocycles. The van der Waals surface area contributed by atoms with Gasteiger partial charge < -0.3 is 14.8 Å². The molecule has 1 aliphatic heterocycles. The van der Waals surface area contributed by atoms with Crippen LogP contribution in [-0.4, -0.2) is 39.5 Å². The quantitative estimate of drug-likeness (QED) is 0.662. The summed E-state index contributed by atoms with van der Waals surface area (Å²) in [6, 6.07) is 0. The van der Waals surface area contributed by atoms with Crippen LogP contribution in [0.25, 0.3) is 0 Å². The molecule has 0 aromatic heterocycles. The molecule has 3 nitrogen and oxygen atoms in total. The van der Waals surface area contributed by atoms with E-state index in [1.54, 1.807) is 7.11 Å². The van der Waals surface area contributed by atoms with Crippen molar-refractivity contribution in [3.63, 3.8) is 0 Å². The lowest BCUT2D eigenvalue weighted by Gasteiger charge is -2.14. The van der Waals surface area contributed by atoms with Crippen molar-refractivity contribution in [2.24, 2.45) is 5.92 Å². The Morgan fingerprint density at radius 2 is 2.42 bits per heavy atom.